The van der Waals surface area contributed by atoms with Crippen molar-refractivity contribution in [2.45, 2.75) is 26.3 Å². The zero-order valence-electron chi connectivity index (χ0n) is 17.6. The van der Waals surface area contributed by atoms with Gasteiger partial charge in [-0.15, -0.1) is 0 Å². The van der Waals surface area contributed by atoms with Gasteiger partial charge in [0.1, 0.15) is 0 Å². The molecule has 0 aromatic heterocycles. The molecule has 1 aliphatic carbocycles. The van der Waals surface area contributed by atoms with E-state index in [1.54, 1.807) is 0 Å². The largest absolute Gasteiger partial charge is 0 e. The van der Waals surface area contributed by atoms with Gasteiger partial charge in [-0.25, -0.2) is 0 Å². The molecule has 31 heavy (non-hydrogen) atoms. The molecule has 1 saturated carbocycles. The smallest absolute Gasteiger partial charge is 0 e. The van der Waals surface area contributed by atoms with Crippen LogP contribution in [0.1, 0.15) is 20.8 Å². The van der Waals surface area contributed by atoms with Gasteiger partial charge in [0.2, 0.25) is 0 Å². The third kappa shape index (κ3) is 10.9. The predicted octanol–water partition coefficient (Wildman–Crippen LogP) is 4.61. The summed E-state index contributed by atoms with van der Waals surface area (Å²) in [5, 5.41) is 2.74. The molecule has 6 heteroatoms. The van der Waals surface area contributed by atoms with Crippen LogP contribution >= 0.6 is 7.92 Å². The van der Waals surface area contributed by atoms with E-state index < -0.39 is 7.92 Å². The van der Waals surface area contributed by atoms with Gasteiger partial charge in [-0.3, -0.25) is 4.99 Å². The average molecular weight is 471 g/mol. The van der Waals surface area contributed by atoms with Crippen LogP contribution in [0, 0.1) is 50.8 Å². The van der Waals surface area contributed by atoms with E-state index in [0.717, 1.165) is 0 Å². The molecule has 0 spiro atoms. The van der Waals surface area contributed by atoms with Crippen LogP contribution in [0.5, 0.6) is 0 Å². The molecule has 6 radical (unpaired) electrons. The molecular formula is C25H23MnNO3P. The summed E-state index contributed by atoms with van der Waals surface area (Å²) >= 11 is 0. The molecule has 2 aromatic rings. The van der Waals surface area contributed by atoms with Crippen LogP contribution in [0.15, 0.2) is 65.7 Å². The van der Waals surface area contributed by atoms with Gasteiger partial charge < -0.3 is 0 Å². The van der Waals surface area contributed by atoms with Crippen molar-refractivity contribution in [2.75, 3.05) is 0 Å². The number of benzene rings is 2. The molecule has 0 aliphatic heterocycles. The van der Waals surface area contributed by atoms with Gasteiger partial charge in [0.05, 0.1) is 5.54 Å². The van der Waals surface area contributed by atoms with E-state index in [1.165, 1.54) is 22.2 Å². The van der Waals surface area contributed by atoms with Crippen molar-refractivity contribution in [3.63, 3.8) is 0 Å². The summed E-state index contributed by atoms with van der Waals surface area (Å²) in [6.45, 7) is 19.9. The molecular weight excluding hydrogens is 448 g/mol. The van der Waals surface area contributed by atoms with Crippen molar-refractivity contribution in [3.8, 4) is 0 Å². The Balaban J connectivity index is 0. The summed E-state index contributed by atoms with van der Waals surface area (Å²) in [5.41, 5.74) is 1.31. The quantitative estimate of drug-likeness (QED) is 0.206. The summed E-state index contributed by atoms with van der Waals surface area (Å²) in [7, 11) is -0.568. The number of rotatable bonds is 4. The van der Waals surface area contributed by atoms with Gasteiger partial charge in [-0.1, -0.05) is 60.7 Å². The minimum Gasteiger partial charge on any atom is 0 e. The van der Waals surface area contributed by atoms with Crippen molar-refractivity contribution < 1.29 is 31.0 Å². The first-order chi connectivity index (χ1) is 14.5. The maximum atomic E-state index is 7.50. The van der Waals surface area contributed by atoms with Gasteiger partial charge in [0.15, 0.2) is 0 Å². The van der Waals surface area contributed by atoms with Crippen LogP contribution < -0.4 is 10.6 Å². The van der Waals surface area contributed by atoms with Crippen molar-refractivity contribution in [1.82, 2.24) is 0 Å². The molecule has 0 N–H and O–H groups in total. The van der Waals surface area contributed by atoms with Crippen LogP contribution in [-0.2, 0) is 31.0 Å². The summed E-state index contributed by atoms with van der Waals surface area (Å²) in [5.74, 6) is 1.23. The third-order valence-corrected chi connectivity index (χ3v) is 6.20. The second kappa shape index (κ2) is 17.9. The topological polar surface area (TPSA) is 72.1 Å². The Kier molecular flexibility index (Phi) is 18.2. The van der Waals surface area contributed by atoms with Crippen LogP contribution in [0.2, 0.25) is 0 Å². The first kappa shape index (κ1) is 31.5. The van der Waals surface area contributed by atoms with Gasteiger partial charge in [0.25, 0.3) is 0 Å². The number of aliphatic imine (C=N–C) groups is 1. The SMILES string of the molecule is CC(C)(C)N=C[C]1[CH][CH][CH][C]1P(c1ccccc1)c1ccccc1.[C-]#[O+].[C-]#[O+].[C-]#[O+].[Mn]. The molecule has 0 unspecified atom stereocenters. The van der Waals surface area contributed by atoms with Crippen LogP contribution in [0.4, 0.5) is 0 Å². The maximum Gasteiger partial charge on any atom is 0 e. The molecule has 158 valence electrons. The molecule has 0 amide bonds. The molecule has 0 bridgehead atoms. The number of nitrogens with zero attached hydrogens (tertiary/aromatic N) is 1. The summed E-state index contributed by atoms with van der Waals surface area (Å²) in [4.78, 5) is 4.71. The van der Waals surface area contributed by atoms with E-state index in [0.29, 0.717) is 0 Å². The first-order valence-corrected chi connectivity index (χ1v) is 10.2. The van der Waals surface area contributed by atoms with E-state index in [-0.39, 0.29) is 22.6 Å². The van der Waals surface area contributed by atoms with Crippen LogP contribution in [-0.4, -0.2) is 11.8 Å². The van der Waals surface area contributed by atoms with Crippen molar-refractivity contribution >= 4 is 24.7 Å². The molecule has 0 heterocycles. The Morgan fingerprint density at radius 1 is 0.742 bits per heavy atom. The molecule has 0 atom stereocenters. The fraction of sp³-hybridized carbons (Fsp3) is 0.160. The van der Waals surface area contributed by atoms with Crippen molar-refractivity contribution in [2.24, 2.45) is 4.99 Å². The van der Waals surface area contributed by atoms with Gasteiger partial charge in [0, 0.05) is 34.9 Å². The predicted molar refractivity (Wildman–Crippen MR) is 118 cm³/mol. The summed E-state index contributed by atoms with van der Waals surface area (Å²) in [6.07, 6.45) is 8.60. The second-order valence-electron chi connectivity index (χ2n) is 6.80. The van der Waals surface area contributed by atoms with Crippen LogP contribution in [0.3, 0.4) is 0 Å². The third-order valence-electron chi connectivity index (χ3n) is 3.69. The molecule has 3 rings (SSSR count). The maximum absolute atomic E-state index is 7.50. The van der Waals surface area contributed by atoms with Gasteiger partial charge in [-0.05, 0) is 58.6 Å². The summed E-state index contributed by atoms with van der Waals surface area (Å²) < 4.78 is 22.5. The van der Waals surface area contributed by atoms with Gasteiger partial charge >= 0.3 is 33.9 Å². The van der Waals surface area contributed by atoms with E-state index in [4.69, 9.17) is 18.9 Å². The Morgan fingerprint density at radius 2 is 1.16 bits per heavy atom. The van der Waals surface area contributed by atoms with E-state index >= 15 is 0 Å². The Morgan fingerprint density at radius 3 is 1.55 bits per heavy atom. The second-order valence-corrected chi connectivity index (χ2v) is 8.99. The molecule has 2 aromatic carbocycles. The minimum atomic E-state index is -0.568. The summed E-state index contributed by atoms with van der Waals surface area (Å²) in [6, 6.07) is 21.6. The molecule has 1 aliphatic rings. The Hall–Kier alpha value is -1.72. The molecule has 1 fully saturated rings. The minimum absolute atomic E-state index is 0. The number of hydrogen-bond donors (Lipinski definition) is 0. The Bertz CT molecular complexity index is 744. The normalized spacial score (nSPS) is 13.5. The molecule has 0 saturated heterocycles. The zero-order valence-corrected chi connectivity index (χ0v) is 19.7. The molecule has 4 nitrogen and oxygen atoms in total. The van der Waals surface area contributed by atoms with Crippen molar-refractivity contribution in [3.05, 3.63) is 111 Å². The first-order valence-electron chi connectivity index (χ1n) is 8.87. The van der Waals surface area contributed by atoms with E-state index in [9.17, 15) is 0 Å². The van der Waals surface area contributed by atoms with Gasteiger partial charge in [-0.2, -0.15) is 0 Å². The number of hydrogen-bond acceptors (Lipinski definition) is 1. The Labute approximate surface area is 198 Å². The standard InChI is InChI=1S/C22H23NP.3CO.Mn/c1-22(2,3)23-17-18-11-10-16-21(18)24(19-12-6-4-7-13-19)20-14-8-5-9-15-20;3*1-2;/h4-17H,1-3H3;;;;. The van der Waals surface area contributed by atoms with Crippen molar-refractivity contribution in [1.29, 1.82) is 0 Å². The van der Waals surface area contributed by atoms with E-state index in [1.807, 2.05) is 6.21 Å². The van der Waals surface area contributed by atoms with Crippen LogP contribution in [0.25, 0.3) is 0 Å². The average Bonchev–Trinajstić information content (AvgIpc) is 3.26. The fourth-order valence-electron chi connectivity index (χ4n) is 2.58. The monoisotopic (exact) mass is 471 g/mol. The zero-order chi connectivity index (χ0) is 23.0. The fourth-order valence-corrected chi connectivity index (χ4v) is 5.00. The van der Waals surface area contributed by atoms with E-state index in [2.05, 4.69) is 121 Å².